The van der Waals surface area contributed by atoms with Gasteiger partial charge in [0, 0.05) is 5.40 Å². The van der Waals surface area contributed by atoms with E-state index in [-0.39, 0.29) is 15.8 Å². The van der Waals surface area contributed by atoms with Gasteiger partial charge in [-0.2, -0.15) is 0 Å². The van der Waals surface area contributed by atoms with Gasteiger partial charge < -0.3 is 0 Å². The van der Waals surface area contributed by atoms with Crippen molar-refractivity contribution in [3.63, 3.8) is 0 Å². The Bertz CT molecular complexity index is 172. The molecule has 0 amide bonds. The molecule has 0 fully saturated rings. The second-order valence-corrected chi connectivity index (χ2v) is 17.4. The van der Waals surface area contributed by atoms with Gasteiger partial charge in [-0.15, -0.1) is 15.8 Å². The smallest absolute Gasteiger partial charge is 0.0511 e. The molecule has 0 unspecified atom stereocenters. The fourth-order valence-electron chi connectivity index (χ4n) is 2.14. The average Bonchev–Trinajstić information content (AvgIpc) is 1.79. The molecule has 3 heteroatoms. The molecule has 0 aromatic rings. The van der Waals surface area contributed by atoms with Crippen LogP contribution in [0.4, 0.5) is 0 Å². The van der Waals surface area contributed by atoms with Gasteiger partial charge in [0.25, 0.3) is 0 Å². The van der Waals surface area contributed by atoms with Crippen LogP contribution in [-0.2, 0) is 0 Å². The van der Waals surface area contributed by atoms with Crippen LogP contribution in [0.3, 0.4) is 0 Å². The average molecular weight is 250 g/mol. The summed E-state index contributed by atoms with van der Waals surface area (Å²) >= 11 is 0. The lowest BCUT2D eigenvalue weighted by Gasteiger charge is -2.48. The minimum atomic E-state index is -1.04. The van der Waals surface area contributed by atoms with Crippen LogP contribution in [0.5, 0.6) is 0 Å². The van der Waals surface area contributed by atoms with Gasteiger partial charge in [-0.25, -0.2) is 0 Å². The molecule has 0 atom stereocenters. The van der Waals surface area contributed by atoms with E-state index >= 15 is 0 Å². The Hall–Kier alpha value is 1.08. The van der Waals surface area contributed by atoms with E-state index in [1.165, 1.54) is 0 Å². The van der Waals surface area contributed by atoms with Crippen molar-refractivity contribution < 1.29 is 0 Å². The zero-order valence-corrected chi connectivity index (χ0v) is 14.3. The van der Waals surface area contributed by atoms with E-state index in [2.05, 4.69) is 60.1 Å². The van der Waals surface area contributed by atoms with Crippen molar-refractivity contribution in [3.05, 3.63) is 0 Å². The van der Waals surface area contributed by atoms with Crippen molar-refractivity contribution in [3.8, 4) is 0 Å². The molecule has 0 aliphatic carbocycles. The van der Waals surface area contributed by atoms with Crippen molar-refractivity contribution in [1.82, 2.24) is 0 Å². The zero-order valence-electron chi connectivity index (χ0n) is 11.5. The minimum Gasteiger partial charge on any atom is -0.105 e. The maximum absolute atomic E-state index is 2.53. The third kappa shape index (κ3) is 3.29. The van der Waals surface area contributed by atoms with Gasteiger partial charge >= 0.3 is 0 Å². The Balaban J connectivity index is 5.01. The quantitative estimate of drug-likeness (QED) is 0.491. The van der Waals surface area contributed by atoms with Gasteiger partial charge in [0.15, 0.2) is 0 Å². The van der Waals surface area contributed by atoms with E-state index < -0.39 is 8.07 Å². The maximum atomic E-state index is 2.53. The summed E-state index contributed by atoms with van der Waals surface area (Å²) in [5.74, 6) is 0. The van der Waals surface area contributed by atoms with Gasteiger partial charge in [0.05, 0.1) is 8.07 Å². The summed E-state index contributed by atoms with van der Waals surface area (Å²) in [6, 6.07) is 0. The van der Waals surface area contributed by atoms with E-state index in [9.17, 15) is 0 Å². The van der Waals surface area contributed by atoms with E-state index in [1.54, 1.807) is 0 Å². The molecule has 0 bridgehead atoms. The molecular formula is C11H28P2Si. The Kier molecular flexibility index (Phi) is 5.32. The van der Waals surface area contributed by atoms with Crippen LogP contribution in [0.15, 0.2) is 0 Å². The number of hydrogen-bond acceptors (Lipinski definition) is 0. The van der Waals surface area contributed by atoms with Crippen molar-refractivity contribution in [2.75, 3.05) is 26.7 Å². The molecule has 0 spiro atoms. The van der Waals surface area contributed by atoms with Gasteiger partial charge in [0.2, 0.25) is 0 Å². The molecule has 0 rings (SSSR count). The SMILES string of the molecule is CP(C)C(P(C)C)C(C)(C)[Si](C)(C)C. The van der Waals surface area contributed by atoms with Crippen LogP contribution in [0.2, 0.25) is 24.7 Å². The fraction of sp³-hybridized carbons (Fsp3) is 1.00. The molecule has 14 heavy (non-hydrogen) atoms. The van der Waals surface area contributed by atoms with Crippen LogP contribution in [0.1, 0.15) is 13.8 Å². The Morgan fingerprint density at radius 1 is 0.857 bits per heavy atom. The third-order valence-electron chi connectivity index (χ3n) is 3.56. The highest BCUT2D eigenvalue weighted by Gasteiger charge is 2.43. The Morgan fingerprint density at radius 3 is 1.21 bits per heavy atom. The van der Waals surface area contributed by atoms with Crippen molar-refractivity contribution in [2.45, 2.75) is 43.9 Å². The second kappa shape index (κ2) is 4.94. The van der Waals surface area contributed by atoms with Gasteiger partial charge in [-0.1, -0.05) is 33.5 Å². The summed E-state index contributed by atoms with van der Waals surface area (Å²) in [6.07, 6.45) is 0. The van der Waals surface area contributed by atoms with Crippen molar-refractivity contribution in [1.29, 1.82) is 0 Å². The Morgan fingerprint density at radius 2 is 1.14 bits per heavy atom. The normalized spacial score (nSPS) is 14.6. The van der Waals surface area contributed by atoms with E-state index in [0.29, 0.717) is 5.04 Å². The van der Waals surface area contributed by atoms with E-state index in [0.717, 1.165) is 5.40 Å². The molecule has 0 radical (unpaired) electrons. The second-order valence-electron chi connectivity index (χ2n) is 6.27. The molecule has 0 aromatic heterocycles. The summed E-state index contributed by atoms with van der Waals surface area (Å²) < 4.78 is 0. The van der Waals surface area contributed by atoms with Crippen LogP contribution in [0.25, 0.3) is 0 Å². The van der Waals surface area contributed by atoms with E-state index in [1.807, 2.05) is 0 Å². The minimum absolute atomic E-state index is 0.208. The molecule has 0 saturated heterocycles. The predicted molar refractivity (Wildman–Crippen MR) is 78.7 cm³/mol. The van der Waals surface area contributed by atoms with Crippen LogP contribution in [0, 0.1) is 0 Å². The predicted octanol–water partition coefficient (Wildman–Crippen LogP) is 4.91. The standard InChI is InChI=1S/C11H28P2Si/c1-11(2,14(7,8)9)10(12(3)4)13(5)6/h10H,1-9H3. The monoisotopic (exact) mass is 250 g/mol. The maximum Gasteiger partial charge on any atom is 0.0511 e. The molecule has 0 aromatic carbocycles. The van der Waals surface area contributed by atoms with Gasteiger partial charge in [-0.05, 0) is 31.7 Å². The van der Waals surface area contributed by atoms with E-state index in [4.69, 9.17) is 0 Å². The zero-order chi connectivity index (χ0) is 11.7. The van der Waals surface area contributed by atoms with Crippen LogP contribution < -0.4 is 0 Å². The molecule has 0 saturated carbocycles. The summed E-state index contributed by atoms with van der Waals surface area (Å²) in [7, 11) is -0.625. The highest BCUT2D eigenvalue weighted by Crippen LogP contribution is 2.64. The number of rotatable bonds is 4. The molecular weight excluding hydrogens is 222 g/mol. The highest BCUT2D eigenvalue weighted by molar-refractivity contribution is 7.74. The molecule has 0 heterocycles. The number of hydrogen-bond donors (Lipinski definition) is 0. The van der Waals surface area contributed by atoms with Gasteiger partial charge in [0.1, 0.15) is 0 Å². The largest absolute Gasteiger partial charge is 0.105 e. The lowest BCUT2D eigenvalue weighted by molar-refractivity contribution is 0.699. The summed E-state index contributed by atoms with van der Waals surface area (Å²) in [5.41, 5.74) is 0. The van der Waals surface area contributed by atoms with Crippen LogP contribution >= 0.6 is 15.8 Å². The molecule has 0 N–H and O–H groups in total. The lowest BCUT2D eigenvalue weighted by Crippen LogP contribution is -2.41. The first-order chi connectivity index (χ1) is 6.01. The van der Waals surface area contributed by atoms with Crippen molar-refractivity contribution in [2.24, 2.45) is 0 Å². The third-order valence-corrected chi connectivity index (χ3v) is 14.2. The molecule has 0 aliphatic rings. The Labute approximate surface area is 94.8 Å². The van der Waals surface area contributed by atoms with Crippen molar-refractivity contribution >= 4 is 23.9 Å². The van der Waals surface area contributed by atoms with Gasteiger partial charge in [-0.3, -0.25) is 0 Å². The van der Waals surface area contributed by atoms with Crippen LogP contribution in [-0.4, -0.2) is 40.1 Å². The summed E-state index contributed by atoms with van der Waals surface area (Å²) in [6.45, 7) is 22.5. The first-order valence-electron chi connectivity index (χ1n) is 5.34. The molecule has 86 valence electrons. The topological polar surface area (TPSA) is 0 Å². The molecule has 0 aliphatic heterocycles. The fourth-order valence-corrected chi connectivity index (χ4v) is 13.1. The summed E-state index contributed by atoms with van der Waals surface area (Å²) in [5, 5.41) is 1.58. The molecule has 0 nitrogen and oxygen atoms in total. The highest BCUT2D eigenvalue weighted by atomic mass is 31.2. The summed E-state index contributed by atoms with van der Waals surface area (Å²) in [4.78, 5) is 0. The first kappa shape index (κ1) is 15.1. The first-order valence-corrected chi connectivity index (χ1v) is 13.5. The lowest BCUT2D eigenvalue weighted by atomic mass is 10.2.